The molecular formula is C8H10N4S2. The molecule has 0 aliphatic carbocycles. The van der Waals surface area contributed by atoms with Crippen LogP contribution in [0.3, 0.4) is 0 Å². The van der Waals surface area contributed by atoms with Crippen LogP contribution >= 0.6 is 23.1 Å². The Kier molecular flexibility index (Phi) is 4.43. The van der Waals surface area contributed by atoms with Gasteiger partial charge in [0.05, 0.1) is 17.7 Å². The summed E-state index contributed by atoms with van der Waals surface area (Å²) < 4.78 is 0. The second-order valence-electron chi connectivity index (χ2n) is 2.42. The van der Waals surface area contributed by atoms with E-state index in [0.717, 1.165) is 10.6 Å². The molecule has 0 saturated carbocycles. The monoisotopic (exact) mass is 226 g/mol. The van der Waals surface area contributed by atoms with Crippen LogP contribution in [0.4, 0.5) is 0 Å². The van der Waals surface area contributed by atoms with Gasteiger partial charge in [-0.1, -0.05) is 11.8 Å². The minimum atomic E-state index is 0.585. The zero-order valence-electron chi connectivity index (χ0n) is 7.94. The van der Waals surface area contributed by atoms with Gasteiger partial charge in [0.1, 0.15) is 0 Å². The average molecular weight is 226 g/mol. The highest BCUT2D eigenvalue weighted by Gasteiger charge is 2.00. The smallest absolute Gasteiger partial charge is 0.183 e. The lowest BCUT2D eigenvalue weighted by Crippen LogP contribution is -2.13. The molecule has 6 heteroatoms. The van der Waals surface area contributed by atoms with Crippen molar-refractivity contribution in [1.82, 2.24) is 10.3 Å². The van der Waals surface area contributed by atoms with Crippen LogP contribution in [0.25, 0.3) is 0 Å². The number of aryl methyl sites for hydroxylation is 1. The summed E-state index contributed by atoms with van der Waals surface area (Å²) >= 11 is 3.00. The highest BCUT2D eigenvalue weighted by atomic mass is 32.2. The molecular weight excluding hydrogens is 216 g/mol. The molecule has 0 saturated heterocycles. The van der Waals surface area contributed by atoms with Crippen LogP contribution in [0.2, 0.25) is 0 Å². The Morgan fingerprint density at radius 3 is 3.14 bits per heavy atom. The Morgan fingerprint density at radius 2 is 2.64 bits per heavy atom. The number of thioether (sulfide) groups is 1. The number of aliphatic imine (C=N–C) groups is 1. The van der Waals surface area contributed by atoms with Crippen molar-refractivity contribution in [2.45, 2.75) is 13.5 Å². The van der Waals surface area contributed by atoms with E-state index in [1.807, 2.05) is 19.4 Å². The van der Waals surface area contributed by atoms with E-state index in [0.29, 0.717) is 11.7 Å². The summed E-state index contributed by atoms with van der Waals surface area (Å²) in [5.41, 5.74) is 2.81. The van der Waals surface area contributed by atoms with Crippen molar-refractivity contribution in [2.75, 3.05) is 6.26 Å². The summed E-state index contributed by atoms with van der Waals surface area (Å²) in [6, 6.07) is 0. The predicted molar refractivity (Wildman–Crippen MR) is 60.3 cm³/mol. The molecule has 0 atom stereocenters. The molecule has 0 unspecified atom stereocenters. The molecule has 1 aromatic heterocycles. The van der Waals surface area contributed by atoms with Gasteiger partial charge in [-0.3, -0.25) is 10.3 Å². The third-order valence-corrected chi connectivity index (χ3v) is 3.11. The summed E-state index contributed by atoms with van der Waals surface area (Å²) in [5, 5.41) is 11.6. The summed E-state index contributed by atoms with van der Waals surface area (Å²) in [6.07, 6.45) is 3.73. The number of hydrogen-bond donors (Lipinski definition) is 1. The number of nitrogens with zero attached hydrogens (tertiary/aromatic N) is 3. The Balaban J connectivity index is 2.62. The SMILES string of the molecule is CSC(=NCc1scnc1C)NC#N. The van der Waals surface area contributed by atoms with Crippen molar-refractivity contribution in [2.24, 2.45) is 4.99 Å². The standard InChI is InChI=1S/C8H10N4S2/c1-6-7(14-5-12-6)3-10-8(13-2)11-4-9/h5H,3H2,1-2H3,(H,10,11). The first-order valence-corrected chi connectivity index (χ1v) is 6.01. The van der Waals surface area contributed by atoms with Gasteiger partial charge in [-0.15, -0.1) is 11.3 Å². The normalized spacial score (nSPS) is 11.1. The van der Waals surface area contributed by atoms with E-state index in [1.165, 1.54) is 11.8 Å². The lowest BCUT2D eigenvalue weighted by atomic mass is 10.4. The molecule has 0 spiro atoms. The molecule has 1 heterocycles. The largest absolute Gasteiger partial charge is 0.272 e. The van der Waals surface area contributed by atoms with Crippen LogP contribution in [0, 0.1) is 18.4 Å². The third kappa shape index (κ3) is 3.01. The zero-order chi connectivity index (χ0) is 10.4. The van der Waals surface area contributed by atoms with E-state index in [4.69, 9.17) is 5.26 Å². The van der Waals surface area contributed by atoms with Gasteiger partial charge in [0.25, 0.3) is 0 Å². The van der Waals surface area contributed by atoms with Crippen LogP contribution in [0.1, 0.15) is 10.6 Å². The van der Waals surface area contributed by atoms with Crippen molar-refractivity contribution in [3.63, 3.8) is 0 Å². The zero-order valence-corrected chi connectivity index (χ0v) is 9.58. The van der Waals surface area contributed by atoms with E-state index < -0.39 is 0 Å². The van der Waals surface area contributed by atoms with E-state index in [9.17, 15) is 0 Å². The van der Waals surface area contributed by atoms with Crippen molar-refractivity contribution in [3.05, 3.63) is 16.1 Å². The Bertz CT molecular complexity index is 364. The number of amidine groups is 1. The topological polar surface area (TPSA) is 61.1 Å². The number of aromatic nitrogens is 1. The quantitative estimate of drug-likeness (QED) is 0.361. The van der Waals surface area contributed by atoms with Crippen LogP contribution in [-0.2, 0) is 6.54 Å². The number of nitrogens with one attached hydrogen (secondary N) is 1. The maximum atomic E-state index is 8.41. The maximum Gasteiger partial charge on any atom is 0.183 e. The number of thiazole rings is 1. The van der Waals surface area contributed by atoms with E-state index in [1.54, 1.807) is 16.8 Å². The lowest BCUT2D eigenvalue weighted by molar-refractivity contribution is 1.05. The molecule has 0 aliphatic rings. The summed E-state index contributed by atoms with van der Waals surface area (Å²) in [5.74, 6) is 0. The van der Waals surface area contributed by atoms with Crippen LogP contribution < -0.4 is 5.32 Å². The molecule has 4 nitrogen and oxygen atoms in total. The molecule has 1 N–H and O–H groups in total. The van der Waals surface area contributed by atoms with Crippen molar-refractivity contribution < 1.29 is 0 Å². The second kappa shape index (κ2) is 5.62. The fourth-order valence-electron chi connectivity index (χ4n) is 0.825. The van der Waals surface area contributed by atoms with E-state index in [2.05, 4.69) is 15.3 Å². The van der Waals surface area contributed by atoms with Crippen molar-refractivity contribution >= 4 is 28.3 Å². The molecule has 0 aliphatic heterocycles. The molecule has 0 aromatic carbocycles. The number of hydrogen-bond acceptors (Lipinski definition) is 5. The fourth-order valence-corrected chi connectivity index (χ4v) is 1.87. The molecule has 14 heavy (non-hydrogen) atoms. The fraction of sp³-hybridized carbons (Fsp3) is 0.375. The van der Waals surface area contributed by atoms with Gasteiger partial charge in [-0.25, -0.2) is 4.98 Å². The molecule has 74 valence electrons. The van der Waals surface area contributed by atoms with Gasteiger partial charge in [0.2, 0.25) is 0 Å². The molecule has 0 bridgehead atoms. The molecule has 0 radical (unpaired) electrons. The molecule has 0 fully saturated rings. The van der Waals surface area contributed by atoms with Crippen molar-refractivity contribution in [3.8, 4) is 6.19 Å². The highest BCUT2D eigenvalue weighted by Crippen LogP contribution is 2.13. The first-order chi connectivity index (χ1) is 6.77. The maximum absolute atomic E-state index is 8.41. The van der Waals surface area contributed by atoms with Gasteiger partial charge in [0, 0.05) is 4.88 Å². The summed E-state index contributed by atoms with van der Waals surface area (Å²) in [4.78, 5) is 9.51. The Morgan fingerprint density at radius 1 is 1.86 bits per heavy atom. The summed E-state index contributed by atoms with van der Waals surface area (Å²) in [7, 11) is 0. The second-order valence-corrected chi connectivity index (χ2v) is 4.16. The third-order valence-electron chi connectivity index (χ3n) is 1.57. The Hall–Kier alpha value is -1.06. The predicted octanol–water partition coefficient (Wildman–Crippen LogP) is 1.74. The summed E-state index contributed by atoms with van der Waals surface area (Å²) in [6.45, 7) is 2.54. The van der Waals surface area contributed by atoms with Gasteiger partial charge in [0.15, 0.2) is 11.4 Å². The molecule has 1 aromatic rings. The lowest BCUT2D eigenvalue weighted by Gasteiger charge is -1.98. The van der Waals surface area contributed by atoms with Crippen LogP contribution in [0.15, 0.2) is 10.5 Å². The van der Waals surface area contributed by atoms with Gasteiger partial charge >= 0.3 is 0 Å². The number of nitriles is 1. The van der Waals surface area contributed by atoms with Crippen molar-refractivity contribution in [1.29, 1.82) is 5.26 Å². The van der Waals surface area contributed by atoms with E-state index >= 15 is 0 Å². The first kappa shape index (κ1) is 11.0. The van der Waals surface area contributed by atoms with Gasteiger partial charge in [-0.2, -0.15) is 5.26 Å². The number of rotatable bonds is 2. The minimum absolute atomic E-state index is 0.585. The average Bonchev–Trinajstić information content (AvgIpc) is 2.59. The first-order valence-electron chi connectivity index (χ1n) is 3.90. The minimum Gasteiger partial charge on any atom is -0.272 e. The van der Waals surface area contributed by atoms with Crippen LogP contribution in [0.5, 0.6) is 0 Å². The molecule has 1 rings (SSSR count). The van der Waals surface area contributed by atoms with Gasteiger partial charge in [-0.05, 0) is 13.2 Å². The van der Waals surface area contributed by atoms with E-state index in [-0.39, 0.29) is 0 Å². The molecule has 0 amide bonds. The Labute approximate surface area is 91.1 Å². The van der Waals surface area contributed by atoms with Gasteiger partial charge < -0.3 is 0 Å². The highest BCUT2D eigenvalue weighted by molar-refractivity contribution is 8.13. The van der Waals surface area contributed by atoms with Crippen LogP contribution in [-0.4, -0.2) is 16.4 Å².